The molecular weight excluding hydrogens is 392 g/mol. The topological polar surface area (TPSA) is 43.2 Å². The second kappa shape index (κ2) is 8.99. The zero-order valence-corrected chi connectivity index (χ0v) is 19.4. The molecule has 32 heavy (non-hydrogen) atoms. The second-order valence-corrected chi connectivity index (χ2v) is 8.54. The number of nitrogens with one attached hydrogen (secondary N) is 1. The highest BCUT2D eigenvalue weighted by Gasteiger charge is 2.19. The standard InChI is InChI=1S/C28H32N4/c1-6-25-20(4)28(30-26-9-7-8-24(18-29)27(25)26)23-12-10-22(11-13-23)21(5)32-16-14-31(15-17-32)19(2)3/h7-13,18,29H,2,5-6,14-17H2,1,3-4H3. The molecule has 0 bridgehead atoms. The largest absolute Gasteiger partial charge is 0.372 e. The third-order valence-corrected chi connectivity index (χ3v) is 6.62. The Kier molecular flexibility index (Phi) is 6.13. The van der Waals surface area contributed by atoms with Gasteiger partial charge in [-0.3, -0.25) is 0 Å². The number of nitrogens with zero attached hydrogens (tertiary/aromatic N) is 3. The molecule has 1 saturated heterocycles. The Labute approximate surface area is 191 Å². The normalized spacial score (nSPS) is 14.0. The fourth-order valence-electron chi connectivity index (χ4n) is 4.72. The minimum atomic E-state index is 0.910. The molecule has 4 nitrogen and oxygen atoms in total. The molecule has 0 amide bonds. The average Bonchev–Trinajstić information content (AvgIpc) is 2.83. The molecule has 1 aliphatic heterocycles. The van der Waals surface area contributed by atoms with Crippen LogP contribution in [0.4, 0.5) is 0 Å². The Morgan fingerprint density at radius 3 is 2.28 bits per heavy atom. The van der Waals surface area contributed by atoms with E-state index in [0.717, 1.165) is 77.3 Å². The van der Waals surface area contributed by atoms with Crippen molar-refractivity contribution < 1.29 is 0 Å². The van der Waals surface area contributed by atoms with Crippen molar-refractivity contribution in [3.8, 4) is 11.3 Å². The van der Waals surface area contributed by atoms with Gasteiger partial charge in [0.1, 0.15) is 0 Å². The summed E-state index contributed by atoms with van der Waals surface area (Å²) in [5.41, 5.74) is 9.84. The van der Waals surface area contributed by atoms with E-state index in [2.05, 4.69) is 68.0 Å². The van der Waals surface area contributed by atoms with E-state index >= 15 is 0 Å². The lowest BCUT2D eigenvalue weighted by atomic mass is 9.93. The fraction of sp³-hybridized carbons (Fsp3) is 0.286. The van der Waals surface area contributed by atoms with Crippen LogP contribution in [0.2, 0.25) is 0 Å². The Morgan fingerprint density at radius 1 is 1.03 bits per heavy atom. The Hall–Kier alpha value is -3.40. The first-order chi connectivity index (χ1) is 15.4. The van der Waals surface area contributed by atoms with Crippen LogP contribution in [-0.2, 0) is 6.42 Å². The molecule has 0 unspecified atom stereocenters. The van der Waals surface area contributed by atoms with Gasteiger partial charge in [0.25, 0.3) is 0 Å². The summed E-state index contributed by atoms with van der Waals surface area (Å²) in [4.78, 5) is 9.69. The first kappa shape index (κ1) is 21.8. The number of aryl methyl sites for hydroxylation is 1. The zero-order chi connectivity index (χ0) is 22.8. The summed E-state index contributed by atoms with van der Waals surface area (Å²) in [7, 11) is 0. The summed E-state index contributed by atoms with van der Waals surface area (Å²) in [5, 5.41) is 8.90. The first-order valence-electron chi connectivity index (χ1n) is 11.3. The summed E-state index contributed by atoms with van der Waals surface area (Å²) >= 11 is 0. The predicted molar refractivity (Wildman–Crippen MR) is 136 cm³/mol. The quantitative estimate of drug-likeness (QED) is 0.502. The van der Waals surface area contributed by atoms with Gasteiger partial charge in [0.15, 0.2) is 0 Å². The minimum Gasteiger partial charge on any atom is -0.372 e. The molecule has 0 aliphatic carbocycles. The molecule has 1 aromatic heterocycles. The smallest absolute Gasteiger partial charge is 0.0741 e. The van der Waals surface area contributed by atoms with Crippen molar-refractivity contribution in [1.29, 1.82) is 5.41 Å². The first-order valence-corrected chi connectivity index (χ1v) is 11.3. The van der Waals surface area contributed by atoms with Gasteiger partial charge in [-0.15, -0.1) is 0 Å². The molecule has 1 N–H and O–H groups in total. The number of aromatic nitrogens is 1. The molecular formula is C28H32N4. The molecule has 1 aliphatic rings. The van der Waals surface area contributed by atoms with Crippen LogP contribution in [0.25, 0.3) is 27.9 Å². The van der Waals surface area contributed by atoms with Crippen molar-refractivity contribution in [3.63, 3.8) is 0 Å². The van der Waals surface area contributed by atoms with Crippen LogP contribution in [0.15, 0.2) is 61.3 Å². The maximum absolute atomic E-state index is 7.79. The summed E-state index contributed by atoms with van der Waals surface area (Å²) in [5.74, 6) is 0. The van der Waals surface area contributed by atoms with Gasteiger partial charge in [0, 0.05) is 60.3 Å². The fourth-order valence-corrected chi connectivity index (χ4v) is 4.72. The number of hydrogen-bond donors (Lipinski definition) is 1. The predicted octanol–water partition coefficient (Wildman–Crippen LogP) is 5.89. The molecule has 0 spiro atoms. The summed E-state index contributed by atoms with van der Waals surface area (Å²) < 4.78 is 0. The van der Waals surface area contributed by atoms with Crippen molar-refractivity contribution in [2.45, 2.75) is 27.2 Å². The second-order valence-electron chi connectivity index (χ2n) is 8.54. The summed E-state index contributed by atoms with van der Waals surface area (Å²) in [6, 6.07) is 14.7. The van der Waals surface area contributed by atoms with Crippen molar-refractivity contribution in [2.75, 3.05) is 26.2 Å². The maximum atomic E-state index is 7.79. The maximum Gasteiger partial charge on any atom is 0.0741 e. The number of rotatable bonds is 6. The molecule has 4 heteroatoms. The highest BCUT2D eigenvalue weighted by atomic mass is 15.3. The van der Waals surface area contributed by atoms with Gasteiger partial charge in [-0.05, 0) is 43.0 Å². The zero-order valence-electron chi connectivity index (χ0n) is 19.4. The molecule has 2 heterocycles. The van der Waals surface area contributed by atoms with Crippen molar-refractivity contribution >= 4 is 22.8 Å². The molecule has 0 radical (unpaired) electrons. The van der Waals surface area contributed by atoms with E-state index in [4.69, 9.17) is 10.4 Å². The van der Waals surface area contributed by atoms with E-state index in [1.807, 2.05) is 18.2 Å². The van der Waals surface area contributed by atoms with Gasteiger partial charge in [0.2, 0.25) is 0 Å². The van der Waals surface area contributed by atoms with E-state index in [9.17, 15) is 0 Å². The van der Waals surface area contributed by atoms with Crippen LogP contribution in [-0.4, -0.2) is 47.2 Å². The van der Waals surface area contributed by atoms with Crippen molar-refractivity contribution in [1.82, 2.24) is 14.8 Å². The summed E-state index contributed by atoms with van der Waals surface area (Å²) in [6.45, 7) is 18.7. The van der Waals surface area contributed by atoms with E-state index in [1.54, 1.807) is 0 Å². The van der Waals surface area contributed by atoms with E-state index in [-0.39, 0.29) is 0 Å². The van der Waals surface area contributed by atoms with Crippen LogP contribution in [0.5, 0.6) is 0 Å². The third-order valence-electron chi connectivity index (χ3n) is 6.62. The van der Waals surface area contributed by atoms with Crippen molar-refractivity contribution in [2.24, 2.45) is 0 Å². The van der Waals surface area contributed by atoms with Crippen LogP contribution in [0.1, 0.15) is 36.1 Å². The Bertz CT molecular complexity index is 1180. The molecule has 0 saturated carbocycles. The molecule has 3 aromatic rings. The Morgan fingerprint density at radius 2 is 1.69 bits per heavy atom. The molecule has 2 aromatic carbocycles. The van der Waals surface area contributed by atoms with E-state index in [0.29, 0.717) is 0 Å². The monoisotopic (exact) mass is 424 g/mol. The van der Waals surface area contributed by atoms with Gasteiger partial charge in [0.05, 0.1) is 11.2 Å². The van der Waals surface area contributed by atoms with Crippen LogP contribution >= 0.6 is 0 Å². The highest BCUT2D eigenvalue weighted by Crippen LogP contribution is 2.32. The molecule has 1 fully saturated rings. The number of hydrogen-bond acceptors (Lipinski definition) is 4. The summed E-state index contributed by atoms with van der Waals surface area (Å²) in [6.07, 6.45) is 2.34. The number of allylic oxidation sites excluding steroid dienone is 1. The van der Waals surface area contributed by atoms with Gasteiger partial charge in [-0.25, -0.2) is 4.98 Å². The number of fused-ring (bicyclic) bond motifs is 1. The third kappa shape index (κ3) is 3.93. The lowest BCUT2D eigenvalue weighted by Crippen LogP contribution is -2.44. The van der Waals surface area contributed by atoms with Crippen molar-refractivity contribution in [3.05, 3.63) is 83.6 Å². The van der Waals surface area contributed by atoms with Gasteiger partial charge < -0.3 is 15.2 Å². The van der Waals surface area contributed by atoms with Gasteiger partial charge >= 0.3 is 0 Å². The lowest BCUT2D eigenvalue weighted by Gasteiger charge is -2.38. The van der Waals surface area contributed by atoms with E-state index in [1.165, 1.54) is 17.3 Å². The van der Waals surface area contributed by atoms with Crippen LogP contribution in [0, 0.1) is 12.3 Å². The average molecular weight is 425 g/mol. The Balaban J connectivity index is 1.63. The highest BCUT2D eigenvalue weighted by molar-refractivity contribution is 6.00. The molecule has 4 rings (SSSR count). The van der Waals surface area contributed by atoms with Crippen LogP contribution < -0.4 is 0 Å². The van der Waals surface area contributed by atoms with Gasteiger partial charge in [-0.1, -0.05) is 56.5 Å². The minimum absolute atomic E-state index is 0.910. The number of pyridine rings is 1. The SMILES string of the molecule is C=C(C)N1CCN(C(=C)c2ccc(-c3nc4cccc(C=N)c4c(CC)c3C)cc2)CC1. The van der Waals surface area contributed by atoms with Crippen LogP contribution in [0.3, 0.4) is 0 Å². The van der Waals surface area contributed by atoms with E-state index < -0.39 is 0 Å². The molecule has 0 atom stereocenters. The molecule has 164 valence electrons. The lowest BCUT2D eigenvalue weighted by molar-refractivity contribution is 0.215. The number of piperazine rings is 1. The number of benzene rings is 2. The van der Waals surface area contributed by atoms with Gasteiger partial charge in [-0.2, -0.15) is 0 Å².